The molecule has 0 heterocycles. The minimum Gasteiger partial charge on any atom is -0.480 e. The number of thioether (sulfide) groups is 1. The van der Waals surface area contributed by atoms with E-state index in [1.165, 1.54) is 7.11 Å². The molecule has 4 nitrogen and oxygen atoms in total. The van der Waals surface area contributed by atoms with Gasteiger partial charge in [0.1, 0.15) is 9.49 Å². The highest BCUT2D eigenvalue weighted by Crippen LogP contribution is 2.37. The molecule has 0 atom stereocenters. The van der Waals surface area contributed by atoms with Gasteiger partial charge >= 0.3 is 11.9 Å². The molecule has 0 unspecified atom stereocenters. The van der Waals surface area contributed by atoms with Gasteiger partial charge < -0.3 is 9.84 Å². The average Bonchev–Trinajstić information content (AvgIpc) is 2.00. The molecule has 0 bridgehead atoms. The third-order valence-corrected chi connectivity index (χ3v) is 3.06. The van der Waals surface area contributed by atoms with Crippen LogP contribution in [-0.2, 0) is 14.3 Å². The number of carbonyl (C=O) groups is 2. The molecule has 0 fully saturated rings. The predicted molar refractivity (Wildman–Crippen MR) is 55.4 cm³/mol. The lowest BCUT2D eigenvalue weighted by atomic mass is 10.2. The molecule has 14 heavy (non-hydrogen) atoms. The van der Waals surface area contributed by atoms with Gasteiger partial charge in [0.15, 0.2) is 0 Å². The molecule has 0 aliphatic heterocycles. The molecule has 0 saturated heterocycles. The number of hydrogen-bond acceptors (Lipinski definition) is 4. The first kappa shape index (κ1) is 13.3. The summed E-state index contributed by atoms with van der Waals surface area (Å²) >= 11 is 1.07. The zero-order valence-electron chi connectivity index (χ0n) is 9.08. The minimum atomic E-state index is -1.00. The summed E-state index contributed by atoms with van der Waals surface area (Å²) in [5.41, 5.74) is 0. The fraction of sp³-hybridized carbons (Fsp3) is 0.778. The van der Waals surface area contributed by atoms with Crippen molar-refractivity contribution < 1.29 is 19.4 Å². The van der Waals surface area contributed by atoms with E-state index < -0.39 is 21.4 Å². The predicted octanol–water partition coefficient (Wildman–Crippen LogP) is 1.53. The van der Waals surface area contributed by atoms with Crippen LogP contribution in [-0.4, -0.2) is 33.6 Å². The Morgan fingerprint density at radius 1 is 1.14 bits per heavy atom. The van der Waals surface area contributed by atoms with Crippen LogP contribution in [0.2, 0.25) is 0 Å². The first-order chi connectivity index (χ1) is 6.13. The van der Waals surface area contributed by atoms with Gasteiger partial charge in [-0.15, -0.1) is 11.8 Å². The van der Waals surface area contributed by atoms with E-state index in [9.17, 15) is 9.59 Å². The normalized spacial score (nSPS) is 12.4. The minimum absolute atomic E-state index is 0.420. The van der Waals surface area contributed by atoms with E-state index in [2.05, 4.69) is 4.74 Å². The fourth-order valence-corrected chi connectivity index (χ4v) is 2.50. The van der Waals surface area contributed by atoms with Crippen LogP contribution >= 0.6 is 11.8 Å². The monoisotopic (exact) mass is 220 g/mol. The largest absolute Gasteiger partial charge is 0.480 e. The Hall–Kier alpha value is -0.710. The summed E-state index contributed by atoms with van der Waals surface area (Å²) in [6.45, 7) is 6.41. The Bertz CT molecular complexity index is 245. The lowest BCUT2D eigenvalue weighted by Crippen LogP contribution is -2.38. The molecule has 0 rings (SSSR count). The molecular formula is C9H16O4S. The molecule has 0 radical (unpaired) electrons. The molecule has 1 N–H and O–H groups in total. The molecule has 0 amide bonds. The van der Waals surface area contributed by atoms with Gasteiger partial charge in [-0.05, 0) is 27.7 Å². The van der Waals surface area contributed by atoms with Crippen molar-refractivity contribution in [2.24, 2.45) is 0 Å². The summed E-state index contributed by atoms with van der Waals surface area (Å²) in [5.74, 6) is -1.36. The standard InChI is InChI=1S/C9H16O4S/c1-8(2,6(10)11)14-9(3,4)7(12)13-5/h1-5H3,(H,10,11). The van der Waals surface area contributed by atoms with Crippen LogP contribution in [0.15, 0.2) is 0 Å². The van der Waals surface area contributed by atoms with Crippen molar-refractivity contribution in [1.29, 1.82) is 0 Å². The zero-order valence-corrected chi connectivity index (χ0v) is 9.90. The number of carbonyl (C=O) groups excluding carboxylic acids is 1. The molecule has 0 spiro atoms. The highest BCUT2D eigenvalue weighted by Gasteiger charge is 2.40. The summed E-state index contributed by atoms with van der Waals surface area (Å²) in [6, 6.07) is 0. The molecule has 0 aliphatic rings. The van der Waals surface area contributed by atoms with Crippen LogP contribution in [0.5, 0.6) is 0 Å². The van der Waals surface area contributed by atoms with Crippen molar-refractivity contribution in [3.63, 3.8) is 0 Å². The van der Waals surface area contributed by atoms with Crippen molar-refractivity contribution in [2.75, 3.05) is 7.11 Å². The van der Waals surface area contributed by atoms with Gasteiger partial charge in [-0.2, -0.15) is 0 Å². The molecule has 0 aromatic heterocycles. The summed E-state index contributed by atoms with van der Waals surface area (Å²) in [6.07, 6.45) is 0. The highest BCUT2D eigenvalue weighted by atomic mass is 32.2. The molecule has 0 saturated carbocycles. The number of hydrogen-bond donors (Lipinski definition) is 1. The Kier molecular flexibility index (Phi) is 4.00. The molecule has 0 aromatic carbocycles. The highest BCUT2D eigenvalue weighted by molar-refractivity contribution is 8.03. The van der Waals surface area contributed by atoms with Gasteiger partial charge in [0, 0.05) is 0 Å². The SMILES string of the molecule is COC(=O)C(C)(C)SC(C)(C)C(=O)O. The third-order valence-electron chi connectivity index (χ3n) is 1.70. The first-order valence-electron chi connectivity index (χ1n) is 4.15. The summed E-state index contributed by atoms with van der Waals surface area (Å²) < 4.78 is 2.74. The van der Waals surface area contributed by atoms with Gasteiger partial charge in [0.2, 0.25) is 0 Å². The second kappa shape index (κ2) is 4.21. The van der Waals surface area contributed by atoms with Crippen LogP contribution in [0, 0.1) is 0 Å². The van der Waals surface area contributed by atoms with E-state index in [4.69, 9.17) is 5.11 Å². The average molecular weight is 220 g/mol. The van der Waals surface area contributed by atoms with Crippen molar-refractivity contribution >= 4 is 23.7 Å². The van der Waals surface area contributed by atoms with E-state index in [1.807, 2.05) is 0 Å². The maximum atomic E-state index is 11.3. The van der Waals surface area contributed by atoms with E-state index in [1.54, 1.807) is 27.7 Å². The number of rotatable bonds is 4. The smallest absolute Gasteiger partial charge is 0.321 e. The lowest BCUT2D eigenvalue weighted by molar-refractivity contribution is -0.142. The van der Waals surface area contributed by atoms with Crippen LogP contribution < -0.4 is 0 Å². The number of ether oxygens (including phenoxy) is 1. The Morgan fingerprint density at radius 2 is 1.57 bits per heavy atom. The van der Waals surface area contributed by atoms with Crippen molar-refractivity contribution in [3.05, 3.63) is 0 Å². The quantitative estimate of drug-likeness (QED) is 0.728. The van der Waals surface area contributed by atoms with Crippen LogP contribution in [0.1, 0.15) is 27.7 Å². The number of methoxy groups -OCH3 is 1. The first-order valence-corrected chi connectivity index (χ1v) is 4.97. The van der Waals surface area contributed by atoms with Crippen LogP contribution in [0.4, 0.5) is 0 Å². The molecule has 0 aromatic rings. The summed E-state index contributed by atoms with van der Waals surface area (Å²) in [5, 5.41) is 8.89. The van der Waals surface area contributed by atoms with Crippen LogP contribution in [0.25, 0.3) is 0 Å². The van der Waals surface area contributed by atoms with Crippen molar-refractivity contribution in [2.45, 2.75) is 37.2 Å². The Labute approximate surface area is 88.0 Å². The summed E-state index contributed by atoms with van der Waals surface area (Å²) in [4.78, 5) is 22.1. The van der Waals surface area contributed by atoms with Gasteiger partial charge in [-0.3, -0.25) is 9.59 Å². The third kappa shape index (κ3) is 3.21. The fourth-order valence-electron chi connectivity index (χ4n) is 0.969. The molecule has 0 aliphatic carbocycles. The van der Waals surface area contributed by atoms with Crippen molar-refractivity contribution in [1.82, 2.24) is 0 Å². The molecule has 5 heteroatoms. The Morgan fingerprint density at radius 3 is 1.86 bits per heavy atom. The number of aliphatic carboxylic acids is 1. The van der Waals surface area contributed by atoms with Gasteiger partial charge in [-0.25, -0.2) is 0 Å². The van der Waals surface area contributed by atoms with Crippen molar-refractivity contribution in [3.8, 4) is 0 Å². The van der Waals surface area contributed by atoms with Gasteiger partial charge in [0.05, 0.1) is 7.11 Å². The number of carboxylic acids is 1. The Balaban J connectivity index is 4.66. The summed E-state index contributed by atoms with van der Waals surface area (Å²) in [7, 11) is 1.29. The molecule has 82 valence electrons. The van der Waals surface area contributed by atoms with E-state index in [0.717, 1.165) is 11.8 Å². The maximum Gasteiger partial charge on any atom is 0.321 e. The van der Waals surface area contributed by atoms with E-state index >= 15 is 0 Å². The number of esters is 1. The van der Waals surface area contributed by atoms with Crippen LogP contribution in [0.3, 0.4) is 0 Å². The number of carboxylic acid groups (broad SMARTS) is 1. The van der Waals surface area contributed by atoms with Gasteiger partial charge in [-0.1, -0.05) is 0 Å². The lowest BCUT2D eigenvalue weighted by Gasteiger charge is -2.29. The second-order valence-corrected chi connectivity index (χ2v) is 6.16. The van der Waals surface area contributed by atoms with E-state index in [0.29, 0.717) is 0 Å². The molecular weight excluding hydrogens is 204 g/mol. The van der Waals surface area contributed by atoms with Gasteiger partial charge in [0.25, 0.3) is 0 Å². The second-order valence-electron chi connectivity index (χ2n) is 3.92. The zero-order chi connectivity index (χ0) is 11.6. The topological polar surface area (TPSA) is 63.6 Å². The maximum absolute atomic E-state index is 11.3. The van der Waals surface area contributed by atoms with E-state index in [-0.39, 0.29) is 0 Å².